The van der Waals surface area contributed by atoms with Crippen LogP contribution in [0.5, 0.6) is 0 Å². The SMILES string of the molecule is OCCN(CCO)c1ccc(NCc2cnc(Cl)s2)cc1. The van der Waals surface area contributed by atoms with Crippen LogP contribution in [0, 0.1) is 0 Å². The van der Waals surface area contributed by atoms with Crippen molar-refractivity contribution in [1.29, 1.82) is 0 Å². The molecule has 0 spiro atoms. The summed E-state index contributed by atoms with van der Waals surface area (Å²) in [6, 6.07) is 7.88. The molecule has 0 atom stereocenters. The Labute approximate surface area is 132 Å². The lowest BCUT2D eigenvalue weighted by Crippen LogP contribution is -2.29. The van der Waals surface area contributed by atoms with E-state index < -0.39 is 0 Å². The van der Waals surface area contributed by atoms with Crippen LogP contribution in [0.25, 0.3) is 0 Å². The Kier molecular flexibility index (Phi) is 6.25. The van der Waals surface area contributed by atoms with Crippen molar-refractivity contribution in [3.8, 4) is 0 Å². The van der Waals surface area contributed by atoms with E-state index in [1.54, 1.807) is 6.20 Å². The lowest BCUT2D eigenvalue weighted by atomic mass is 10.2. The van der Waals surface area contributed by atoms with Gasteiger partial charge in [0.05, 0.1) is 19.8 Å². The van der Waals surface area contributed by atoms with E-state index in [9.17, 15) is 0 Å². The largest absolute Gasteiger partial charge is 0.395 e. The predicted molar refractivity (Wildman–Crippen MR) is 87.3 cm³/mol. The first-order chi connectivity index (χ1) is 10.2. The number of nitrogens with zero attached hydrogens (tertiary/aromatic N) is 2. The van der Waals surface area contributed by atoms with Gasteiger partial charge in [0.1, 0.15) is 0 Å². The van der Waals surface area contributed by atoms with Gasteiger partial charge in [-0.1, -0.05) is 11.6 Å². The molecule has 21 heavy (non-hydrogen) atoms. The first-order valence-corrected chi connectivity index (χ1v) is 7.83. The monoisotopic (exact) mass is 327 g/mol. The van der Waals surface area contributed by atoms with E-state index in [0.717, 1.165) is 16.3 Å². The number of benzene rings is 1. The highest BCUT2D eigenvalue weighted by Crippen LogP contribution is 2.21. The van der Waals surface area contributed by atoms with Gasteiger partial charge in [-0.15, -0.1) is 11.3 Å². The van der Waals surface area contributed by atoms with E-state index in [0.29, 0.717) is 24.1 Å². The van der Waals surface area contributed by atoms with E-state index in [4.69, 9.17) is 21.8 Å². The molecule has 0 aliphatic carbocycles. The van der Waals surface area contributed by atoms with Crippen molar-refractivity contribution in [2.45, 2.75) is 6.54 Å². The van der Waals surface area contributed by atoms with Gasteiger partial charge in [0.25, 0.3) is 0 Å². The molecule has 3 N–H and O–H groups in total. The van der Waals surface area contributed by atoms with Gasteiger partial charge < -0.3 is 20.4 Å². The maximum absolute atomic E-state index is 9.04. The lowest BCUT2D eigenvalue weighted by Gasteiger charge is -2.23. The number of thiazole rings is 1. The third-order valence-electron chi connectivity index (χ3n) is 2.96. The third kappa shape index (κ3) is 4.86. The number of hydrogen-bond acceptors (Lipinski definition) is 6. The summed E-state index contributed by atoms with van der Waals surface area (Å²) in [5.41, 5.74) is 1.97. The molecule has 2 rings (SSSR count). The molecule has 0 aliphatic heterocycles. The highest BCUT2D eigenvalue weighted by molar-refractivity contribution is 7.15. The Hall–Kier alpha value is -1.34. The number of halogens is 1. The Morgan fingerprint density at radius 2 is 1.81 bits per heavy atom. The second-order valence-electron chi connectivity index (χ2n) is 4.41. The molecule has 0 aliphatic rings. The smallest absolute Gasteiger partial charge is 0.183 e. The van der Waals surface area contributed by atoms with Gasteiger partial charge in [-0.3, -0.25) is 0 Å². The summed E-state index contributed by atoms with van der Waals surface area (Å²) >= 11 is 7.25. The average Bonchev–Trinajstić information content (AvgIpc) is 2.91. The van der Waals surface area contributed by atoms with Crippen LogP contribution in [0.4, 0.5) is 11.4 Å². The summed E-state index contributed by atoms with van der Waals surface area (Å²) in [6.45, 7) is 1.82. The topological polar surface area (TPSA) is 68.6 Å². The fraction of sp³-hybridized carbons (Fsp3) is 0.357. The molecular weight excluding hydrogens is 310 g/mol. The molecule has 1 heterocycles. The molecule has 0 saturated carbocycles. The van der Waals surface area contributed by atoms with Gasteiger partial charge in [0.2, 0.25) is 0 Å². The summed E-state index contributed by atoms with van der Waals surface area (Å²) in [6.07, 6.45) is 1.76. The number of aliphatic hydroxyl groups is 2. The van der Waals surface area contributed by atoms with Crippen molar-refractivity contribution in [3.63, 3.8) is 0 Å². The maximum Gasteiger partial charge on any atom is 0.183 e. The quantitative estimate of drug-likeness (QED) is 0.693. The van der Waals surface area contributed by atoms with Gasteiger partial charge in [-0.25, -0.2) is 4.98 Å². The van der Waals surface area contributed by atoms with Gasteiger partial charge in [0, 0.05) is 35.5 Å². The third-order valence-corrected chi connectivity index (χ3v) is 4.08. The van der Waals surface area contributed by atoms with E-state index in [2.05, 4.69) is 10.3 Å². The first kappa shape index (κ1) is 16.0. The van der Waals surface area contributed by atoms with Crippen molar-refractivity contribution >= 4 is 34.3 Å². The van der Waals surface area contributed by atoms with Crippen LogP contribution in [0.15, 0.2) is 30.5 Å². The van der Waals surface area contributed by atoms with Crippen molar-refractivity contribution in [1.82, 2.24) is 4.98 Å². The molecule has 0 bridgehead atoms. The minimum atomic E-state index is 0.0616. The number of nitrogens with one attached hydrogen (secondary N) is 1. The van der Waals surface area contributed by atoms with Crippen LogP contribution < -0.4 is 10.2 Å². The highest BCUT2D eigenvalue weighted by Gasteiger charge is 2.05. The number of hydrogen-bond donors (Lipinski definition) is 3. The number of aliphatic hydroxyl groups excluding tert-OH is 2. The molecular formula is C14H18ClN3O2S. The second kappa shape index (κ2) is 8.19. The molecule has 2 aromatic rings. The van der Waals surface area contributed by atoms with Crippen molar-refractivity contribution in [2.24, 2.45) is 0 Å². The summed E-state index contributed by atoms with van der Waals surface area (Å²) in [4.78, 5) is 7.01. The second-order valence-corrected chi connectivity index (χ2v) is 6.11. The molecule has 1 aromatic heterocycles. The van der Waals surface area contributed by atoms with Gasteiger partial charge in [-0.2, -0.15) is 0 Å². The van der Waals surface area contributed by atoms with E-state index >= 15 is 0 Å². The Balaban J connectivity index is 1.94. The van der Waals surface area contributed by atoms with Crippen LogP contribution in [0.2, 0.25) is 4.47 Å². The number of aromatic nitrogens is 1. The Bertz CT molecular complexity index is 541. The normalized spacial score (nSPS) is 10.6. The molecule has 0 unspecified atom stereocenters. The zero-order chi connectivity index (χ0) is 15.1. The van der Waals surface area contributed by atoms with Crippen LogP contribution in [0.3, 0.4) is 0 Å². The first-order valence-electron chi connectivity index (χ1n) is 6.63. The van der Waals surface area contributed by atoms with Crippen molar-refractivity contribution < 1.29 is 10.2 Å². The molecule has 1 aromatic carbocycles. The highest BCUT2D eigenvalue weighted by atomic mass is 35.5. The Morgan fingerprint density at radius 1 is 1.14 bits per heavy atom. The lowest BCUT2D eigenvalue weighted by molar-refractivity contribution is 0.281. The zero-order valence-electron chi connectivity index (χ0n) is 11.5. The molecule has 0 fully saturated rings. The van der Waals surface area contributed by atoms with E-state index in [1.165, 1.54) is 11.3 Å². The van der Waals surface area contributed by atoms with Crippen LogP contribution >= 0.6 is 22.9 Å². The van der Waals surface area contributed by atoms with E-state index in [1.807, 2.05) is 29.2 Å². The summed E-state index contributed by atoms with van der Waals surface area (Å²) in [5, 5.41) is 21.4. The molecule has 7 heteroatoms. The van der Waals surface area contributed by atoms with Crippen LogP contribution in [-0.4, -0.2) is 41.5 Å². The number of rotatable bonds is 8. The molecule has 0 saturated heterocycles. The fourth-order valence-corrected chi connectivity index (χ4v) is 2.87. The number of anilines is 2. The van der Waals surface area contributed by atoms with E-state index in [-0.39, 0.29) is 13.2 Å². The summed E-state index contributed by atoms with van der Waals surface area (Å²) in [5.74, 6) is 0. The van der Waals surface area contributed by atoms with Crippen LogP contribution in [-0.2, 0) is 6.54 Å². The molecule has 5 nitrogen and oxygen atoms in total. The van der Waals surface area contributed by atoms with Gasteiger partial charge in [0.15, 0.2) is 4.47 Å². The van der Waals surface area contributed by atoms with Gasteiger partial charge in [-0.05, 0) is 24.3 Å². The van der Waals surface area contributed by atoms with Crippen molar-refractivity contribution in [3.05, 3.63) is 39.8 Å². The maximum atomic E-state index is 9.04. The standard InChI is InChI=1S/C14H18ClN3O2S/c15-14-17-10-13(21-14)9-16-11-1-3-12(4-2-11)18(5-7-19)6-8-20/h1-4,10,16,19-20H,5-9H2. The van der Waals surface area contributed by atoms with Crippen LogP contribution in [0.1, 0.15) is 4.88 Å². The van der Waals surface area contributed by atoms with Gasteiger partial charge >= 0.3 is 0 Å². The predicted octanol–water partition coefficient (Wildman–Crippen LogP) is 2.20. The Morgan fingerprint density at radius 3 is 2.33 bits per heavy atom. The summed E-state index contributed by atoms with van der Waals surface area (Å²) < 4.78 is 0.547. The summed E-state index contributed by atoms with van der Waals surface area (Å²) in [7, 11) is 0. The zero-order valence-corrected chi connectivity index (χ0v) is 13.1. The average molecular weight is 328 g/mol. The molecule has 0 radical (unpaired) electrons. The molecule has 114 valence electrons. The minimum absolute atomic E-state index is 0.0616. The minimum Gasteiger partial charge on any atom is -0.395 e. The van der Waals surface area contributed by atoms with Crippen molar-refractivity contribution in [2.75, 3.05) is 36.5 Å². The molecule has 0 amide bonds. The fourth-order valence-electron chi connectivity index (χ4n) is 1.96.